The molecule has 0 amide bonds. The van der Waals surface area contributed by atoms with Crippen LogP contribution in [0.25, 0.3) is 0 Å². The first-order valence-corrected chi connectivity index (χ1v) is 9.32. The molecular weight excluding hydrogens is 431 g/mol. The maximum atomic E-state index is 13.4. The second-order valence-corrected chi connectivity index (χ2v) is 8.01. The van der Waals surface area contributed by atoms with Crippen LogP contribution in [0, 0.1) is 5.41 Å². The van der Waals surface area contributed by atoms with Crippen LogP contribution >= 0.6 is 0 Å². The molecule has 0 aliphatic carbocycles. The molecule has 1 aromatic rings. The van der Waals surface area contributed by atoms with Crippen LogP contribution in [0.5, 0.6) is 5.75 Å². The van der Waals surface area contributed by atoms with Crippen molar-refractivity contribution in [1.29, 1.82) is 0 Å². The molecule has 13 heteroatoms. The number of esters is 2. The summed E-state index contributed by atoms with van der Waals surface area (Å²) in [4.78, 5) is 23.7. The molecule has 1 N–H and O–H groups in total. The Kier molecular flexibility index (Phi) is 7.02. The first kappa shape index (κ1) is 24.8. The molecule has 1 rings (SSSR count). The molecule has 0 saturated heterocycles. The maximum Gasteiger partial charge on any atom is 0.432 e. The van der Waals surface area contributed by atoms with Gasteiger partial charge in [0.25, 0.3) is 6.10 Å². The number of hydrogen-bond donors (Lipinski definition) is 1. The van der Waals surface area contributed by atoms with E-state index >= 15 is 0 Å². The molecule has 0 aliphatic heterocycles. The van der Waals surface area contributed by atoms with E-state index in [1.54, 1.807) is 20.8 Å². The molecule has 0 fully saturated rings. The van der Waals surface area contributed by atoms with E-state index < -0.39 is 50.6 Å². The molecule has 1 unspecified atom stereocenters. The Bertz CT molecular complexity index is 861. The van der Waals surface area contributed by atoms with Crippen LogP contribution in [-0.4, -0.2) is 42.4 Å². The molecular formula is C16H17F5O7S. The summed E-state index contributed by atoms with van der Waals surface area (Å²) in [5.41, 5.74) is -1.50. The van der Waals surface area contributed by atoms with Crippen LogP contribution in [-0.2, 0) is 19.6 Å². The number of ether oxygens (including phenoxy) is 2. The molecule has 0 radical (unpaired) electrons. The average molecular weight is 448 g/mol. The SMILES string of the molecule is CCC(C)(C)C(=O)Oc1ccc(C(=O)OC(C(F)(F)F)C(F)(F)S(=O)(=O)O)cc1. The molecule has 164 valence electrons. The lowest BCUT2D eigenvalue weighted by atomic mass is 9.91. The molecule has 0 bridgehead atoms. The summed E-state index contributed by atoms with van der Waals surface area (Å²) < 4.78 is 103. The third-order valence-corrected chi connectivity index (χ3v) is 4.81. The number of carbonyl (C=O) groups is 2. The topological polar surface area (TPSA) is 107 Å². The van der Waals surface area contributed by atoms with Crippen LogP contribution in [0.15, 0.2) is 24.3 Å². The van der Waals surface area contributed by atoms with E-state index in [2.05, 4.69) is 4.74 Å². The summed E-state index contributed by atoms with van der Waals surface area (Å²) in [6.07, 6.45) is -10.0. The molecule has 0 saturated carbocycles. The van der Waals surface area contributed by atoms with E-state index in [9.17, 15) is 40.0 Å². The predicted molar refractivity (Wildman–Crippen MR) is 87.9 cm³/mol. The average Bonchev–Trinajstić information content (AvgIpc) is 2.57. The Hall–Kier alpha value is -2.28. The molecule has 0 spiro atoms. The van der Waals surface area contributed by atoms with Gasteiger partial charge < -0.3 is 9.47 Å². The zero-order valence-corrected chi connectivity index (χ0v) is 16.1. The fraction of sp³-hybridized carbons (Fsp3) is 0.500. The minimum Gasteiger partial charge on any atom is -0.441 e. The number of benzene rings is 1. The summed E-state index contributed by atoms with van der Waals surface area (Å²) in [5.74, 6) is -2.65. The molecule has 1 atom stereocenters. The fourth-order valence-corrected chi connectivity index (χ4v) is 2.14. The fourth-order valence-electron chi connectivity index (χ4n) is 1.68. The number of halogens is 5. The van der Waals surface area contributed by atoms with E-state index in [0.717, 1.165) is 24.3 Å². The monoisotopic (exact) mass is 448 g/mol. The van der Waals surface area contributed by atoms with Crippen LogP contribution in [0.1, 0.15) is 37.6 Å². The van der Waals surface area contributed by atoms with Crippen molar-refractivity contribution in [2.45, 2.75) is 44.7 Å². The van der Waals surface area contributed by atoms with E-state index in [-0.39, 0.29) is 5.75 Å². The molecule has 0 heterocycles. The zero-order chi connectivity index (χ0) is 22.8. The van der Waals surface area contributed by atoms with Gasteiger partial charge in [0.05, 0.1) is 11.0 Å². The van der Waals surface area contributed by atoms with E-state index in [1.807, 2.05) is 0 Å². The van der Waals surface area contributed by atoms with Gasteiger partial charge in [-0.1, -0.05) is 6.92 Å². The number of alkyl halides is 5. The Morgan fingerprint density at radius 3 is 1.93 bits per heavy atom. The number of rotatable bonds is 7. The van der Waals surface area contributed by atoms with Crippen LogP contribution in [0.3, 0.4) is 0 Å². The summed E-state index contributed by atoms with van der Waals surface area (Å²) in [5, 5.41) is -5.83. The van der Waals surface area contributed by atoms with E-state index in [1.165, 1.54) is 0 Å². The third-order valence-electron chi connectivity index (χ3n) is 3.91. The van der Waals surface area contributed by atoms with Gasteiger partial charge in [0, 0.05) is 0 Å². The lowest BCUT2D eigenvalue weighted by Gasteiger charge is -2.26. The van der Waals surface area contributed by atoms with E-state index in [4.69, 9.17) is 9.29 Å². The lowest BCUT2D eigenvalue weighted by molar-refractivity contribution is -0.248. The number of hydrogen-bond acceptors (Lipinski definition) is 6. The highest BCUT2D eigenvalue weighted by Gasteiger charge is 2.66. The summed E-state index contributed by atoms with van der Waals surface area (Å²) in [7, 11) is -6.54. The standard InChI is InChI=1S/C16H17F5O7S/c1-4-14(2,3)13(23)27-10-7-5-9(6-8-10)11(22)28-12(15(17,18)19)16(20,21)29(24,25)26/h5-8,12H,4H2,1-3H3,(H,24,25,26). The maximum absolute atomic E-state index is 13.4. The first-order valence-electron chi connectivity index (χ1n) is 7.88. The van der Waals surface area contributed by atoms with Crippen molar-refractivity contribution >= 4 is 22.1 Å². The minimum atomic E-state index is -6.54. The molecule has 1 aromatic carbocycles. The van der Waals surface area contributed by atoms with Gasteiger partial charge in [0.1, 0.15) is 5.75 Å². The molecule has 29 heavy (non-hydrogen) atoms. The predicted octanol–water partition coefficient (Wildman–Crippen LogP) is 3.60. The summed E-state index contributed by atoms with van der Waals surface area (Å²) in [6, 6.07) is 3.65. The van der Waals surface area contributed by atoms with Gasteiger partial charge in [-0.3, -0.25) is 9.35 Å². The Balaban J connectivity index is 3.05. The van der Waals surface area contributed by atoms with Gasteiger partial charge in [-0.25, -0.2) is 4.79 Å². The van der Waals surface area contributed by atoms with Crippen molar-refractivity contribution in [3.63, 3.8) is 0 Å². The number of carbonyl (C=O) groups excluding carboxylic acids is 2. The van der Waals surface area contributed by atoms with Crippen molar-refractivity contribution < 1.29 is 54.0 Å². The largest absolute Gasteiger partial charge is 0.441 e. The van der Waals surface area contributed by atoms with Crippen molar-refractivity contribution in [2.24, 2.45) is 5.41 Å². The van der Waals surface area contributed by atoms with Gasteiger partial charge >= 0.3 is 33.5 Å². The van der Waals surface area contributed by atoms with Gasteiger partial charge in [0.15, 0.2) is 0 Å². The van der Waals surface area contributed by atoms with Crippen LogP contribution in [0.2, 0.25) is 0 Å². The molecule has 7 nitrogen and oxygen atoms in total. The highest BCUT2D eigenvalue weighted by molar-refractivity contribution is 7.86. The van der Waals surface area contributed by atoms with Gasteiger partial charge in [-0.15, -0.1) is 0 Å². The van der Waals surface area contributed by atoms with Gasteiger partial charge in [-0.2, -0.15) is 30.4 Å². The third kappa shape index (κ3) is 5.85. The highest BCUT2D eigenvalue weighted by atomic mass is 32.2. The summed E-state index contributed by atoms with van der Waals surface area (Å²) >= 11 is 0. The Morgan fingerprint density at radius 2 is 1.55 bits per heavy atom. The Morgan fingerprint density at radius 1 is 1.07 bits per heavy atom. The normalized spacial score (nSPS) is 14.2. The smallest absolute Gasteiger partial charge is 0.432 e. The summed E-state index contributed by atoms with van der Waals surface area (Å²) in [6.45, 7) is 4.95. The quantitative estimate of drug-likeness (QED) is 0.294. The van der Waals surface area contributed by atoms with Crippen molar-refractivity contribution in [3.05, 3.63) is 29.8 Å². The van der Waals surface area contributed by atoms with E-state index in [0.29, 0.717) is 6.42 Å². The van der Waals surface area contributed by atoms with Crippen molar-refractivity contribution in [2.75, 3.05) is 0 Å². The Labute approximate surface area is 162 Å². The lowest BCUT2D eigenvalue weighted by Crippen LogP contribution is -2.52. The van der Waals surface area contributed by atoms with Crippen molar-refractivity contribution in [1.82, 2.24) is 0 Å². The van der Waals surface area contributed by atoms with Crippen LogP contribution in [0.4, 0.5) is 22.0 Å². The minimum absolute atomic E-state index is 0.0799. The van der Waals surface area contributed by atoms with Crippen LogP contribution < -0.4 is 4.74 Å². The second-order valence-electron chi connectivity index (χ2n) is 6.52. The van der Waals surface area contributed by atoms with Crippen molar-refractivity contribution in [3.8, 4) is 5.75 Å². The van der Waals surface area contributed by atoms with Gasteiger partial charge in [0.2, 0.25) is 0 Å². The highest BCUT2D eigenvalue weighted by Crippen LogP contribution is 2.38. The first-order chi connectivity index (χ1) is 12.9. The second kappa shape index (κ2) is 8.22. The molecule has 0 aromatic heterocycles. The molecule has 0 aliphatic rings. The zero-order valence-electron chi connectivity index (χ0n) is 15.3. The van der Waals surface area contributed by atoms with Gasteiger partial charge in [-0.05, 0) is 44.5 Å².